The summed E-state index contributed by atoms with van der Waals surface area (Å²) in [6.45, 7) is 18.0. The molecule has 0 aromatic rings. The number of allylic oxidation sites excluding steroid dienone is 1. The molecule has 5 rings (SSSR count). The molecule has 1 heterocycles. The van der Waals surface area contributed by atoms with Crippen LogP contribution in [0.4, 0.5) is 0 Å². The maximum atomic E-state index is 12.0. The van der Waals surface area contributed by atoms with Gasteiger partial charge in [0.2, 0.25) is 0 Å². The molecule has 0 amide bonds. The van der Waals surface area contributed by atoms with Crippen LogP contribution in [0.2, 0.25) is 0 Å². The third-order valence-electron chi connectivity index (χ3n) is 13.2. The van der Waals surface area contributed by atoms with Crippen LogP contribution >= 0.6 is 0 Å². The molecule has 6 nitrogen and oxygen atoms in total. The van der Waals surface area contributed by atoms with Crippen LogP contribution in [0, 0.1) is 45.3 Å². The van der Waals surface area contributed by atoms with Gasteiger partial charge in [-0.3, -0.25) is 0 Å². The first kappa shape index (κ1) is 30.0. The Morgan fingerprint density at radius 1 is 1.03 bits per heavy atom. The van der Waals surface area contributed by atoms with Crippen molar-refractivity contribution in [3.63, 3.8) is 0 Å². The first-order valence-electron chi connectivity index (χ1n) is 15.7. The van der Waals surface area contributed by atoms with Crippen molar-refractivity contribution in [3.05, 3.63) is 11.6 Å². The lowest BCUT2D eigenvalue weighted by Crippen LogP contribution is -2.65. The van der Waals surface area contributed by atoms with Crippen LogP contribution in [-0.2, 0) is 14.2 Å². The van der Waals surface area contributed by atoms with Crippen LogP contribution in [0.25, 0.3) is 0 Å². The van der Waals surface area contributed by atoms with E-state index in [0.717, 1.165) is 44.9 Å². The van der Waals surface area contributed by atoms with Crippen molar-refractivity contribution >= 4 is 0 Å². The van der Waals surface area contributed by atoms with Crippen LogP contribution in [0.1, 0.15) is 100 Å². The second-order valence-corrected chi connectivity index (χ2v) is 15.6. The molecule has 3 saturated carbocycles. The average Bonchev–Trinajstić information content (AvgIpc) is 3.44. The Balaban J connectivity index is 1.43. The van der Waals surface area contributed by atoms with Crippen molar-refractivity contribution in [2.75, 3.05) is 13.7 Å². The second kappa shape index (κ2) is 9.77. The zero-order valence-corrected chi connectivity index (χ0v) is 26.0. The van der Waals surface area contributed by atoms with Gasteiger partial charge in [-0.25, -0.2) is 0 Å². The molecule has 1 aliphatic heterocycles. The second-order valence-electron chi connectivity index (χ2n) is 15.6. The van der Waals surface area contributed by atoms with Gasteiger partial charge in [0.1, 0.15) is 6.10 Å². The van der Waals surface area contributed by atoms with E-state index in [2.05, 4.69) is 40.7 Å². The van der Waals surface area contributed by atoms with Crippen molar-refractivity contribution < 1.29 is 29.5 Å². The SMILES string of the molecule is CCOC(C)(C)C(O)C1CC(C2CC=C3C2(C)CCC2C4(C)CCC(O)C(C)(C)C4CC(O)C32C)C(OC)O1. The van der Waals surface area contributed by atoms with E-state index in [1.54, 1.807) is 7.11 Å². The highest BCUT2D eigenvalue weighted by Gasteiger charge is 2.69. The Morgan fingerprint density at radius 3 is 2.36 bits per heavy atom. The highest BCUT2D eigenvalue weighted by Crippen LogP contribution is 2.73. The summed E-state index contributed by atoms with van der Waals surface area (Å²) in [7, 11) is 1.72. The molecule has 0 spiro atoms. The smallest absolute Gasteiger partial charge is 0.160 e. The molecule has 0 aromatic heterocycles. The molecule has 12 atom stereocenters. The normalized spacial score (nSPS) is 50.1. The minimum atomic E-state index is -0.739. The number of ether oxygens (including phenoxy) is 3. The third-order valence-corrected chi connectivity index (χ3v) is 13.2. The summed E-state index contributed by atoms with van der Waals surface area (Å²) in [5.41, 5.74) is 0.340. The number of fused-ring (bicyclic) bond motifs is 5. The van der Waals surface area contributed by atoms with E-state index in [1.807, 2.05) is 20.8 Å². The fraction of sp³-hybridized carbons (Fsp3) is 0.939. The third kappa shape index (κ3) is 4.17. The first-order chi connectivity index (χ1) is 18.1. The van der Waals surface area contributed by atoms with Crippen molar-refractivity contribution in [2.24, 2.45) is 45.3 Å². The molecular formula is C33H56O6. The van der Waals surface area contributed by atoms with E-state index in [9.17, 15) is 15.3 Å². The topological polar surface area (TPSA) is 88.4 Å². The first-order valence-corrected chi connectivity index (χ1v) is 15.7. The summed E-state index contributed by atoms with van der Waals surface area (Å²) in [6, 6.07) is 0. The van der Waals surface area contributed by atoms with Crippen LogP contribution in [0.3, 0.4) is 0 Å². The Labute approximate surface area is 236 Å². The molecule has 39 heavy (non-hydrogen) atoms. The molecule has 6 heteroatoms. The number of rotatable bonds is 6. The van der Waals surface area contributed by atoms with E-state index >= 15 is 0 Å². The number of aliphatic hydroxyl groups is 3. The van der Waals surface area contributed by atoms with Gasteiger partial charge in [-0.2, -0.15) is 0 Å². The number of aliphatic hydroxyl groups excluding tert-OH is 3. The summed E-state index contributed by atoms with van der Waals surface area (Å²) in [5, 5.41) is 34.2. The molecular weight excluding hydrogens is 492 g/mol. The summed E-state index contributed by atoms with van der Waals surface area (Å²) in [6.07, 6.45) is 6.80. The van der Waals surface area contributed by atoms with Gasteiger partial charge in [0, 0.05) is 25.0 Å². The highest BCUT2D eigenvalue weighted by molar-refractivity contribution is 5.36. The van der Waals surface area contributed by atoms with E-state index in [0.29, 0.717) is 24.4 Å². The van der Waals surface area contributed by atoms with Crippen LogP contribution in [-0.4, -0.2) is 65.3 Å². The zero-order valence-electron chi connectivity index (χ0n) is 26.0. The maximum Gasteiger partial charge on any atom is 0.160 e. The van der Waals surface area contributed by atoms with E-state index in [-0.39, 0.29) is 46.1 Å². The van der Waals surface area contributed by atoms with Crippen LogP contribution < -0.4 is 0 Å². The van der Waals surface area contributed by atoms with Crippen LogP contribution in [0.15, 0.2) is 11.6 Å². The van der Waals surface area contributed by atoms with Crippen molar-refractivity contribution in [1.29, 1.82) is 0 Å². The molecule has 0 radical (unpaired) electrons. The van der Waals surface area contributed by atoms with Crippen LogP contribution in [0.5, 0.6) is 0 Å². The van der Waals surface area contributed by atoms with Gasteiger partial charge in [-0.1, -0.05) is 46.3 Å². The molecule has 4 aliphatic carbocycles. The average molecular weight is 549 g/mol. The number of hydrogen-bond acceptors (Lipinski definition) is 6. The molecule has 224 valence electrons. The van der Waals surface area contributed by atoms with Crippen molar-refractivity contribution in [3.8, 4) is 0 Å². The summed E-state index contributed by atoms with van der Waals surface area (Å²) < 4.78 is 18.2. The Bertz CT molecular complexity index is 960. The number of methoxy groups -OCH3 is 1. The zero-order chi connectivity index (χ0) is 28.8. The molecule has 0 aromatic carbocycles. The fourth-order valence-electron chi connectivity index (χ4n) is 11.0. The highest BCUT2D eigenvalue weighted by atomic mass is 16.7. The lowest BCUT2D eigenvalue weighted by atomic mass is 9.37. The van der Waals surface area contributed by atoms with Gasteiger partial charge >= 0.3 is 0 Å². The van der Waals surface area contributed by atoms with E-state index in [4.69, 9.17) is 14.2 Å². The van der Waals surface area contributed by atoms with E-state index in [1.165, 1.54) is 5.57 Å². The predicted octanol–water partition coefficient (Wildman–Crippen LogP) is 5.48. The molecule has 1 saturated heterocycles. The molecule has 12 unspecified atom stereocenters. The molecule has 4 fully saturated rings. The quantitative estimate of drug-likeness (QED) is 0.381. The van der Waals surface area contributed by atoms with Crippen molar-refractivity contribution in [2.45, 2.75) is 137 Å². The lowest BCUT2D eigenvalue weighted by molar-refractivity contribution is -0.214. The van der Waals surface area contributed by atoms with Gasteiger partial charge in [0.15, 0.2) is 6.29 Å². The Kier molecular flexibility index (Phi) is 7.51. The lowest BCUT2D eigenvalue weighted by Gasteiger charge is -2.68. The Hall–Kier alpha value is -0.500. The van der Waals surface area contributed by atoms with Gasteiger partial charge in [-0.05, 0) is 99.7 Å². The fourth-order valence-corrected chi connectivity index (χ4v) is 11.0. The summed E-state index contributed by atoms with van der Waals surface area (Å²) in [4.78, 5) is 0. The van der Waals surface area contributed by atoms with Crippen molar-refractivity contribution in [1.82, 2.24) is 0 Å². The monoisotopic (exact) mass is 548 g/mol. The predicted molar refractivity (Wildman–Crippen MR) is 152 cm³/mol. The van der Waals surface area contributed by atoms with Gasteiger partial charge in [0.25, 0.3) is 0 Å². The van der Waals surface area contributed by atoms with E-state index < -0.39 is 17.8 Å². The number of hydrogen-bond donors (Lipinski definition) is 3. The van der Waals surface area contributed by atoms with Gasteiger partial charge in [0.05, 0.1) is 23.9 Å². The Morgan fingerprint density at radius 2 is 1.72 bits per heavy atom. The van der Waals surface area contributed by atoms with Gasteiger partial charge < -0.3 is 29.5 Å². The largest absolute Gasteiger partial charge is 0.393 e. The minimum Gasteiger partial charge on any atom is -0.393 e. The summed E-state index contributed by atoms with van der Waals surface area (Å²) in [5.74, 6) is 1.20. The molecule has 5 aliphatic rings. The molecule has 3 N–H and O–H groups in total. The standard InChI is InChI=1S/C33H56O6/c1-10-38-30(4,5)27(36)21-17-19(28(37-9)39-21)20-11-12-22-31(20,6)15-13-23-32(7)16-14-25(34)29(2,3)24(32)18-26(35)33(22,23)8/h12,19-21,23-28,34-36H,10-11,13-18H2,1-9H3. The van der Waals surface area contributed by atoms with Gasteiger partial charge in [-0.15, -0.1) is 0 Å². The summed E-state index contributed by atoms with van der Waals surface area (Å²) >= 11 is 0. The molecule has 0 bridgehead atoms. The maximum absolute atomic E-state index is 12.0. The minimum absolute atomic E-state index is 0.0424.